The number of methoxy groups -OCH3 is 1. The van der Waals surface area contributed by atoms with Gasteiger partial charge in [-0.05, 0) is 32.1 Å². The molecule has 20 heavy (non-hydrogen) atoms. The number of unbranched alkanes of at least 4 members (excludes halogenated alkanes) is 10. The quantitative estimate of drug-likeness (QED) is 0.228. The van der Waals surface area contributed by atoms with Gasteiger partial charge in [-0.15, -0.1) is 0 Å². The van der Waals surface area contributed by atoms with Crippen LogP contribution in [0, 0.1) is 0 Å². The summed E-state index contributed by atoms with van der Waals surface area (Å²) in [5.74, 6) is -0.0899. The normalized spacial score (nSPS) is 11.1. The SMILES string of the molecule is CCCCCCCCCC/C=C\CCCCC(=O)OC. The highest BCUT2D eigenvalue weighted by Gasteiger charge is 1.97. The fourth-order valence-corrected chi connectivity index (χ4v) is 2.27. The Morgan fingerprint density at radius 3 is 1.85 bits per heavy atom. The van der Waals surface area contributed by atoms with E-state index in [0.29, 0.717) is 6.42 Å². The van der Waals surface area contributed by atoms with Crippen LogP contribution in [-0.4, -0.2) is 13.1 Å². The Morgan fingerprint density at radius 2 is 1.30 bits per heavy atom. The van der Waals surface area contributed by atoms with Crippen molar-refractivity contribution >= 4 is 5.97 Å². The summed E-state index contributed by atoms with van der Waals surface area (Å²) in [6.07, 6.45) is 20.5. The Labute approximate surface area is 126 Å². The van der Waals surface area contributed by atoms with Crippen LogP contribution >= 0.6 is 0 Å². The van der Waals surface area contributed by atoms with E-state index in [1.165, 1.54) is 64.9 Å². The summed E-state index contributed by atoms with van der Waals surface area (Å²) in [5.41, 5.74) is 0. The van der Waals surface area contributed by atoms with Crippen LogP contribution in [0.1, 0.15) is 90.4 Å². The molecule has 0 spiro atoms. The van der Waals surface area contributed by atoms with E-state index in [1.807, 2.05) is 0 Å². The van der Waals surface area contributed by atoms with Crippen molar-refractivity contribution in [3.05, 3.63) is 12.2 Å². The zero-order chi connectivity index (χ0) is 14.9. The van der Waals surface area contributed by atoms with Crippen molar-refractivity contribution in [2.75, 3.05) is 7.11 Å². The molecule has 0 atom stereocenters. The minimum Gasteiger partial charge on any atom is -0.469 e. The number of esters is 1. The molecule has 0 rings (SSSR count). The molecule has 0 aliphatic rings. The molecule has 0 saturated heterocycles. The van der Waals surface area contributed by atoms with Gasteiger partial charge < -0.3 is 4.74 Å². The lowest BCUT2D eigenvalue weighted by molar-refractivity contribution is -0.140. The van der Waals surface area contributed by atoms with Crippen LogP contribution in [0.5, 0.6) is 0 Å². The Kier molecular flexibility index (Phi) is 15.6. The average molecular weight is 282 g/mol. The molecule has 0 unspecified atom stereocenters. The molecule has 0 aromatic heterocycles. The van der Waals surface area contributed by atoms with Gasteiger partial charge in [-0.3, -0.25) is 4.79 Å². The Morgan fingerprint density at radius 1 is 0.800 bits per heavy atom. The monoisotopic (exact) mass is 282 g/mol. The fourth-order valence-electron chi connectivity index (χ4n) is 2.27. The molecule has 0 aromatic carbocycles. The highest BCUT2D eigenvalue weighted by atomic mass is 16.5. The average Bonchev–Trinajstić information content (AvgIpc) is 2.47. The van der Waals surface area contributed by atoms with E-state index >= 15 is 0 Å². The topological polar surface area (TPSA) is 26.3 Å². The smallest absolute Gasteiger partial charge is 0.305 e. The lowest BCUT2D eigenvalue weighted by Crippen LogP contribution is -1.98. The summed E-state index contributed by atoms with van der Waals surface area (Å²) in [6, 6.07) is 0. The number of rotatable bonds is 14. The molecule has 2 nitrogen and oxygen atoms in total. The first-order valence-corrected chi connectivity index (χ1v) is 8.53. The number of carbonyl (C=O) groups is 1. The third-order valence-corrected chi connectivity index (χ3v) is 3.62. The molecular weight excluding hydrogens is 248 g/mol. The van der Waals surface area contributed by atoms with Crippen LogP contribution in [0.3, 0.4) is 0 Å². The molecule has 2 heteroatoms. The van der Waals surface area contributed by atoms with Crippen LogP contribution < -0.4 is 0 Å². The van der Waals surface area contributed by atoms with Crippen LogP contribution in [-0.2, 0) is 9.53 Å². The van der Waals surface area contributed by atoms with Gasteiger partial charge in [0.15, 0.2) is 0 Å². The maximum absolute atomic E-state index is 10.9. The van der Waals surface area contributed by atoms with E-state index in [1.54, 1.807) is 0 Å². The van der Waals surface area contributed by atoms with E-state index in [2.05, 4.69) is 23.8 Å². The van der Waals surface area contributed by atoms with Crippen molar-refractivity contribution in [3.8, 4) is 0 Å². The summed E-state index contributed by atoms with van der Waals surface area (Å²) >= 11 is 0. The van der Waals surface area contributed by atoms with E-state index < -0.39 is 0 Å². The van der Waals surface area contributed by atoms with Gasteiger partial charge in [-0.25, -0.2) is 0 Å². The molecule has 0 aliphatic carbocycles. The summed E-state index contributed by atoms with van der Waals surface area (Å²) in [5, 5.41) is 0. The van der Waals surface area contributed by atoms with Gasteiger partial charge in [0.1, 0.15) is 0 Å². The Bertz CT molecular complexity index is 234. The second-order valence-corrected chi connectivity index (χ2v) is 5.56. The van der Waals surface area contributed by atoms with E-state index in [0.717, 1.165) is 19.3 Å². The minimum absolute atomic E-state index is 0.0899. The first-order chi connectivity index (χ1) is 9.81. The molecule has 0 amide bonds. The van der Waals surface area contributed by atoms with Crippen molar-refractivity contribution in [2.45, 2.75) is 90.4 Å². The van der Waals surface area contributed by atoms with Gasteiger partial charge >= 0.3 is 5.97 Å². The predicted molar refractivity (Wildman–Crippen MR) is 86.9 cm³/mol. The van der Waals surface area contributed by atoms with Crippen molar-refractivity contribution < 1.29 is 9.53 Å². The third kappa shape index (κ3) is 15.3. The van der Waals surface area contributed by atoms with Gasteiger partial charge in [0, 0.05) is 6.42 Å². The standard InChI is InChI=1S/C18H34O2/c1-3-4-5-6-7-8-9-10-11-12-13-14-15-16-17-18(19)20-2/h12-13H,3-11,14-17H2,1-2H3/b13-12-. The van der Waals surface area contributed by atoms with Gasteiger partial charge in [-0.1, -0.05) is 64.0 Å². The van der Waals surface area contributed by atoms with Crippen molar-refractivity contribution in [3.63, 3.8) is 0 Å². The molecule has 0 bridgehead atoms. The second kappa shape index (κ2) is 16.3. The number of allylic oxidation sites excluding steroid dienone is 2. The second-order valence-electron chi connectivity index (χ2n) is 5.56. The minimum atomic E-state index is -0.0899. The molecule has 0 heterocycles. The van der Waals surface area contributed by atoms with Gasteiger partial charge in [0.05, 0.1) is 7.11 Å². The fraction of sp³-hybridized carbons (Fsp3) is 0.833. The number of hydrogen-bond acceptors (Lipinski definition) is 2. The highest BCUT2D eigenvalue weighted by Crippen LogP contribution is 2.10. The predicted octanol–water partition coefficient (Wildman–Crippen LogP) is 5.81. The molecule has 0 saturated carbocycles. The molecular formula is C18H34O2. The molecule has 0 N–H and O–H groups in total. The van der Waals surface area contributed by atoms with Crippen LogP contribution in [0.25, 0.3) is 0 Å². The molecule has 0 fully saturated rings. The van der Waals surface area contributed by atoms with Gasteiger partial charge in [-0.2, -0.15) is 0 Å². The summed E-state index contributed by atoms with van der Waals surface area (Å²) in [6.45, 7) is 2.27. The third-order valence-electron chi connectivity index (χ3n) is 3.62. The number of ether oxygens (including phenoxy) is 1. The van der Waals surface area contributed by atoms with Crippen molar-refractivity contribution in [1.29, 1.82) is 0 Å². The lowest BCUT2D eigenvalue weighted by Gasteiger charge is -2.00. The Hall–Kier alpha value is -0.790. The zero-order valence-electron chi connectivity index (χ0n) is 13.7. The lowest BCUT2D eigenvalue weighted by atomic mass is 10.1. The number of carbonyl (C=O) groups excluding carboxylic acids is 1. The van der Waals surface area contributed by atoms with Crippen LogP contribution in [0.2, 0.25) is 0 Å². The maximum Gasteiger partial charge on any atom is 0.305 e. The molecule has 118 valence electrons. The highest BCUT2D eigenvalue weighted by molar-refractivity contribution is 5.68. The Balaban J connectivity index is 3.10. The van der Waals surface area contributed by atoms with E-state index in [4.69, 9.17) is 0 Å². The van der Waals surface area contributed by atoms with Crippen molar-refractivity contribution in [1.82, 2.24) is 0 Å². The molecule has 0 aromatic rings. The summed E-state index contributed by atoms with van der Waals surface area (Å²) in [7, 11) is 1.45. The van der Waals surface area contributed by atoms with Crippen LogP contribution in [0.15, 0.2) is 12.2 Å². The first-order valence-electron chi connectivity index (χ1n) is 8.53. The first kappa shape index (κ1) is 19.2. The number of hydrogen-bond donors (Lipinski definition) is 0. The summed E-state index contributed by atoms with van der Waals surface area (Å²) < 4.78 is 4.61. The van der Waals surface area contributed by atoms with Crippen molar-refractivity contribution in [2.24, 2.45) is 0 Å². The van der Waals surface area contributed by atoms with Crippen LogP contribution in [0.4, 0.5) is 0 Å². The van der Waals surface area contributed by atoms with E-state index in [9.17, 15) is 4.79 Å². The largest absolute Gasteiger partial charge is 0.469 e. The summed E-state index contributed by atoms with van der Waals surface area (Å²) in [4.78, 5) is 10.9. The maximum atomic E-state index is 10.9. The van der Waals surface area contributed by atoms with Gasteiger partial charge in [0.25, 0.3) is 0 Å². The van der Waals surface area contributed by atoms with Gasteiger partial charge in [0.2, 0.25) is 0 Å². The molecule has 0 radical (unpaired) electrons. The zero-order valence-corrected chi connectivity index (χ0v) is 13.7. The van der Waals surface area contributed by atoms with E-state index in [-0.39, 0.29) is 5.97 Å². The molecule has 0 aliphatic heterocycles.